The Kier molecular flexibility index (Phi) is 8.44. The lowest BCUT2D eigenvalue weighted by atomic mass is 10.1. The normalized spacial score (nSPS) is 13.8. The van der Waals surface area contributed by atoms with Gasteiger partial charge in [0.2, 0.25) is 11.8 Å². The summed E-state index contributed by atoms with van der Waals surface area (Å²) in [5.41, 5.74) is 8.79. The lowest BCUT2D eigenvalue weighted by molar-refractivity contribution is -0.117. The molecule has 1 saturated heterocycles. The van der Waals surface area contributed by atoms with Crippen molar-refractivity contribution < 1.29 is 9.59 Å². The SMILES string of the molecule is CN=C(NCc1ccc(N2CCCC2=O)cc1)NCc1cccc(C(N)=O)c1.I. The summed E-state index contributed by atoms with van der Waals surface area (Å²) in [5, 5.41) is 6.48. The van der Waals surface area contributed by atoms with Crippen LogP contribution in [0.2, 0.25) is 0 Å². The number of nitrogens with zero attached hydrogens (tertiary/aromatic N) is 2. The highest BCUT2D eigenvalue weighted by molar-refractivity contribution is 14.0. The summed E-state index contributed by atoms with van der Waals surface area (Å²) < 4.78 is 0. The third-order valence-electron chi connectivity index (χ3n) is 4.68. The Labute approximate surface area is 187 Å². The molecule has 0 radical (unpaired) electrons. The number of nitrogens with one attached hydrogen (secondary N) is 2. The first-order chi connectivity index (χ1) is 13.6. The molecule has 29 heavy (non-hydrogen) atoms. The lowest BCUT2D eigenvalue weighted by Gasteiger charge is -2.16. The molecule has 1 aliphatic rings. The van der Waals surface area contributed by atoms with Crippen molar-refractivity contribution in [3.05, 3.63) is 65.2 Å². The highest BCUT2D eigenvalue weighted by atomic mass is 127. The zero-order valence-corrected chi connectivity index (χ0v) is 18.7. The Morgan fingerprint density at radius 3 is 2.38 bits per heavy atom. The number of nitrogens with two attached hydrogens (primary N) is 1. The molecule has 8 heteroatoms. The quantitative estimate of drug-likeness (QED) is 0.318. The smallest absolute Gasteiger partial charge is 0.248 e. The summed E-state index contributed by atoms with van der Waals surface area (Å²) in [4.78, 5) is 29.1. The van der Waals surface area contributed by atoms with Crippen molar-refractivity contribution in [3.63, 3.8) is 0 Å². The molecule has 2 aromatic carbocycles. The summed E-state index contributed by atoms with van der Waals surface area (Å²) in [7, 11) is 1.71. The fourth-order valence-corrected chi connectivity index (χ4v) is 3.14. The van der Waals surface area contributed by atoms with Gasteiger partial charge in [-0.2, -0.15) is 0 Å². The average molecular weight is 507 g/mol. The van der Waals surface area contributed by atoms with Gasteiger partial charge in [0.25, 0.3) is 0 Å². The fraction of sp³-hybridized carbons (Fsp3) is 0.286. The molecule has 2 amide bonds. The summed E-state index contributed by atoms with van der Waals surface area (Å²) >= 11 is 0. The largest absolute Gasteiger partial charge is 0.366 e. The third kappa shape index (κ3) is 6.18. The molecule has 2 aromatic rings. The number of carbonyl (C=O) groups is 2. The highest BCUT2D eigenvalue weighted by Crippen LogP contribution is 2.21. The van der Waals surface area contributed by atoms with E-state index in [0.29, 0.717) is 31.0 Å². The van der Waals surface area contributed by atoms with Gasteiger partial charge in [-0.3, -0.25) is 14.6 Å². The summed E-state index contributed by atoms with van der Waals surface area (Å²) in [6.45, 7) is 1.93. The van der Waals surface area contributed by atoms with E-state index < -0.39 is 5.91 Å². The van der Waals surface area contributed by atoms with E-state index in [1.807, 2.05) is 35.2 Å². The van der Waals surface area contributed by atoms with Crippen LogP contribution in [0.25, 0.3) is 0 Å². The molecule has 154 valence electrons. The molecule has 0 saturated carbocycles. The molecule has 7 nitrogen and oxygen atoms in total. The molecule has 0 atom stereocenters. The second kappa shape index (κ2) is 10.8. The van der Waals surface area contributed by atoms with E-state index in [0.717, 1.165) is 29.8 Å². The number of hydrogen-bond donors (Lipinski definition) is 3. The molecule has 0 unspecified atom stereocenters. The molecule has 0 bridgehead atoms. The van der Waals surface area contributed by atoms with E-state index in [4.69, 9.17) is 5.73 Å². The van der Waals surface area contributed by atoms with Gasteiger partial charge < -0.3 is 21.3 Å². The zero-order chi connectivity index (χ0) is 19.9. The van der Waals surface area contributed by atoms with Crippen molar-refractivity contribution in [2.75, 3.05) is 18.5 Å². The lowest BCUT2D eigenvalue weighted by Crippen LogP contribution is -2.36. The maximum atomic E-state index is 11.8. The molecule has 0 spiro atoms. The molecule has 0 aliphatic carbocycles. The van der Waals surface area contributed by atoms with E-state index in [-0.39, 0.29) is 29.9 Å². The minimum absolute atomic E-state index is 0. The second-order valence-corrected chi connectivity index (χ2v) is 6.66. The summed E-state index contributed by atoms with van der Waals surface area (Å²) in [6, 6.07) is 15.2. The number of anilines is 1. The number of hydrogen-bond acceptors (Lipinski definition) is 3. The minimum Gasteiger partial charge on any atom is -0.366 e. The van der Waals surface area contributed by atoms with Crippen LogP contribution in [0, 0.1) is 0 Å². The van der Waals surface area contributed by atoms with Crippen LogP contribution < -0.4 is 21.3 Å². The Balaban J connectivity index is 0.00000300. The molecule has 1 aliphatic heterocycles. The van der Waals surface area contributed by atoms with Gasteiger partial charge in [-0.15, -0.1) is 24.0 Å². The van der Waals surface area contributed by atoms with E-state index >= 15 is 0 Å². The zero-order valence-electron chi connectivity index (χ0n) is 16.4. The van der Waals surface area contributed by atoms with Gasteiger partial charge in [-0.05, 0) is 41.8 Å². The number of halogens is 1. The summed E-state index contributed by atoms with van der Waals surface area (Å²) in [5.74, 6) is 0.405. The van der Waals surface area contributed by atoms with E-state index in [1.165, 1.54) is 0 Å². The van der Waals surface area contributed by atoms with Crippen molar-refractivity contribution in [2.24, 2.45) is 10.7 Å². The van der Waals surface area contributed by atoms with Gasteiger partial charge in [0.1, 0.15) is 0 Å². The summed E-state index contributed by atoms with van der Waals surface area (Å²) in [6.07, 6.45) is 1.56. The van der Waals surface area contributed by atoms with E-state index in [2.05, 4.69) is 15.6 Å². The molecular formula is C21H26IN5O2. The van der Waals surface area contributed by atoms with Crippen LogP contribution >= 0.6 is 24.0 Å². The second-order valence-electron chi connectivity index (χ2n) is 6.66. The molecule has 3 rings (SSSR count). The van der Waals surface area contributed by atoms with Crippen LogP contribution in [-0.2, 0) is 17.9 Å². The first-order valence-corrected chi connectivity index (χ1v) is 9.29. The number of amides is 2. The molecular weight excluding hydrogens is 481 g/mol. The first kappa shape index (κ1) is 22.7. The Hall–Kier alpha value is -2.62. The van der Waals surface area contributed by atoms with Crippen LogP contribution in [0.4, 0.5) is 5.69 Å². The van der Waals surface area contributed by atoms with Crippen LogP contribution in [0.1, 0.15) is 34.3 Å². The molecule has 4 N–H and O–H groups in total. The minimum atomic E-state index is -0.441. The van der Waals surface area contributed by atoms with Crippen molar-refractivity contribution in [1.82, 2.24) is 10.6 Å². The number of aliphatic imine (C=N–C) groups is 1. The van der Waals surface area contributed by atoms with Gasteiger partial charge in [0.15, 0.2) is 5.96 Å². The Morgan fingerprint density at radius 2 is 1.79 bits per heavy atom. The maximum absolute atomic E-state index is 11.8. The number of carbonyl (C=O) groups excluding carboxylic acids is 2. The van der Waals surface area contributed by atoms with Crippen LogP contribution in [0.15, 0.2) is 53.5 Å². The third-order valence-corrected chi connectivity index (χ3v) is 4.68. The van der Waals surface area contributed by atoms with E-state index in [9.17, 15) is 9.59 Å². The average Bonchev–Trinajstić information content (AvgIpc) is 3.14. The molecule has 1 fully saturated rings. The molecule has 1 heterocycles. The number of rotatable bonds is 6. The standard InChI is InChI=1S/C21H25N5O2.HI/c1-23-21(25-14-16-4-2-5-17(12-16)20(22)28)24-13-15-7-9-18(10-8-15)26-11-3-6-19(26)27;/h2,4-5,7-10,12H,3,6,11,13-14H2,1H3,(H2,22,28)(H2,23,24,25);1H. The van der Waals surface area contributed by atoms with Crippen LogP contribution in [0.3, 0.4) is 0 Å². The molecule has 0 aromatic heterocycles. The maximum Gasteiger partial charge on any atom is 0.248 e. The van der Waals surface area contributed by atoms with Crippen molar-refractivity contribution in [1.29, 1.82) is 0 Å². The first-order valence-electron chi connectivity index (χ1n) is 9.29. The monoisotopic (exact) mass is 507 g/mol. The number of benzene rings is 2. The van der Waals surface area contributed by atoms with Gasteiger partial charge in [0.05, 0.1) is 0 Å². The van der Waals surface area contributed by atoms with Gasteiger partial charge in [-0.25, -0.2) is 0 Å². The predicted octanol–water partition coefficient (Wildman–Crippen LogP) is 2.40. The van der Waals surface area contributed by atoms with Crippen molar-refractivity contribution in [2.45, 2.75) is 25.9 Å². The number of primary amides is 1. The number of guanidine groups is 1. The Morgan fingerprint density at radius 1 is 1.10 bits per heavy atom. The van der Waals surface area contributed by atoms with Crippen molar-refractivity contribution in [3.8, 4) is 0 Å². The van der Waals surface area contributed by atoms with Gasteiger partial charge >= 0.3 is 0 Å². The van der Waals surface area contributed by atoms with E-state index in [1.54, 1.807) is 25.2 Å². The van der Waals surface area contributed by atoms with Gasteiger partial charge in [0, 0.05) is 44.4 Å². The van der Waals surface area contributed by atoms with Crippen LogP contribution in [-0.4, -0.2) is 31.4 Å². The predicted molar refractivity (Wildman–Crippen MR) is 125 cm³/mol. The topological polar surface area (TPSA) is 99.8 Å². The highest BCUT2D eigenvalue weighted by Gasteiger charge is 2.21. The van der Waals surface area contributed by atoms with Crippen molar-refractivity contribution >= 4 is 47.4 Å². The van der Waals surface area contributed by atoms with Crippen LogP contribution in [0.5, 0.6) is 0 Å². The Bertz CT molecular complexity index is 883. The van der Waals surface area contributed by atoms with Gasteiger partial charge in [-0.1, -0.05) is 24.3 Å². The fourth-order valence-electron chi connectivity index (χ4n) is 3.14.